The fraction of sp³-hybridized carbons (Fsp3) is 0.857. The van der Waals surface area contributed by atoms with Crippen molar-refractivity contribution in [2.45, 2.75) is 66.3 Å². The number of carbonyl (C=O) groups excluding carboxylic acids is 2. The molecule has 0 bridgehead atoms. The predicted molar refractivity (Wildman–Crippen MR) is 71.4 cm³/mol. The van der Waals surface area contributed by atoms with Crippen LogP contribution in [0.2, 0.25) is 0 Å². The van der Waals surface area contributed by atoms with Gasteiger partial charge in [0, 0.05) is 0 Å². The van der Waals surface area contributed by atoms with Gasteiger partial charge in [0.25, 0.3) is 0 Å². The van der Waals surface area contributed by atoms with E-state index in [2.05, 4.69) is 0 Å². The van der Waals surface area contributed by atoms with Gasteiger partial charge in [-0.2, -0.15) is 0 Å². The second kappa shape index (κ2) is 8.15. The van der Waals surface area contributed by atoms with Crippen molar-refractivity contribution >= 4 is 11.9 Å². The fourth-order valence-electron chi connectivity index (χ4n) is 1.65. The van der Waals surface area contributed by atoms with Crippen LogP contribution < -0.4 is 0 Å². The highest BCUT2D eigenvalue weighted by atomic mass is 16.6. The predicted octanol–water partition coefficient (Wildman–Crippen LogP) is 1.91. The first-order valence-electron chi connectivity index (χ1n) is 6.74. The molecule has 0 aromatic rings. The van der Waals surface area contributed by atoms with Gasteiger partial charge in [0.2, 0.25) is 0 Å². The van der Waals surface area contributed by atoms with Crippen molar-refractivity contribution in [1.82, 2.24) is 0 Å². The third kappa shape index (κ3) is 7.15. The van der Waals surface area contributed by atoms with Crippen LogP contribution in [-0.4, -0.2) is 35.4 Å². The topological polar surface area (TPSA) is 72.8 Å². The van der Waals surface area contributed by atoms with Crippen LogP contribution in [0, 0.1) is 11.8 Å². The second-order valence-electron chi connectivity index (χ2n) is 5.65. The summed E-state index contributed by atoms with van der Waals surface area (Å²) in [5, 5.41) is 9.98. The number of hydrogen-bond donors (Lipinski definition) is 1. The number of ether oxygens (including phenoxy) is 2. The highest BCUT2D eigenvalue weighted by Crippen LogP contribution is 2.19. The van der Waals surface area contributed by atoms with Gasteiger partial charge in [0.05, 0.1) is 18.1 Å². The summed E-state index contributed by atoms with van der Waals surface area (Å²) >= 11 is 0. The molecule has 0 unspecified atom stereocenters. The highest BCUT2D eigenvalue weighted by Gasteiger charge is 2.35. The van der Waals surface area contributed by atoms with Crippen molar-refractivity contribution in [3.8, 4) is 0 Å². The van der Waals surface area contributed by atoms with E-state index in [1.807, 2.05) is 13.8 Å². The van der Waals surface area contributed by atoms with E-state index in [1.165, 1.54) is 0 Å². The summed E-state index contributed by atoms with van der Waals surface area (Å²) in [6.45, 7) is 10.7. The maximum atomic E-state index is 11.9. The number of aliphatic hydroxyl groups excluding tert-OH is 1. The second-order valence-corrected chi connectivity index (χ2v) is 5.65. The molecule has 0 aromatic heterocycles. The van der Waals surface area contributed by atoms with Crippen molar-refractivity contribution in [2.24, 2.45) is 11.8 Å². The lowest BCUT2D eigenvalue weighted by atomic mass is 9.92. The van der Waals surface area contributed by atoms with Crippen molar-refractivity contribution < 1.29 is 24.2 Å². The third-order valence-corrected chi connectivity index (χ3v) is 2.35. The first-order chi connectivity index (χ1) is 8.65. The molecule has 0 radical (unpaired) electrons. The van der Waals surface area contributed by atoms with Gasteiger partial charge in [0.15, 0.2) is 6.10 Å². The molecule has 0 aliphatic carbocycles. The van der Waals surface area contributed by atoms with E-state index in [0.29, 0.717) is 6.42 Å². The van der Waals surface area contributed by atoms with Crippen LogP contribution in [0.3, 0.4) is 0 Å². The lowest BCUT2D eigenvalue weighted by Gasteiger charge is -2.23. The maximum absolute atomic E-state index is 11.9. The van der Waals surface area contributed by atoms with E-state index in [-0.39, 0.29) is 18.1 Å². The van der Waals surface area contributed by atoms with E-state index in [9.17, 15) is 14.7 Å². The molecular weight excluding hydrogens is 248 g/mol. The maximum Gasteiger partial charge on any atom is 0.336 e. The SMILES string of the molecule is CC(C)C[C@@H](C(=O)OC(C)C)[C@H](O)C(=O)OC(C)C. The van der Waals surface area contributed by atoms with E-state index < -0.39 is 24.0 Å². The quantitative estimate of drug-likeness (QED) is 0.718. The normalized spacial score (nSPS) is 14.6. The standard InChI is InChI=1S/C14H26O5/c1-8(2)7-11(13(16)18-9(3)4)12(15)14(17)19-10(5)6/h8-12,15H,7H2,1-6H3/t11-,12+/m1/s1. The van der Waals surface area contributed by atoms with E-state index >= 15 is 0 Å². The average Bonchev–Trinajstić information content (AvgIpc) is 2.22. The zero-order valence-corrected chi connectivity index (χ0v) is 12.7. The zero-order valence-electron chi connectivity index (χ0n) is 12.7. The van der Waals surface area contributed by atoms with Gasteiger partial charge in [-0.05, 0) is 40.0 Å². The van der Waals surface area contributed by atoms with Crippen molar-refractivity contribution in [1.29, 1.82) is 0 Å². The van der Waals surface area contributed by atoms with E-state index in [1.54, 1.807) is 27.7 Å². The van der Waals surface area contributed by atoms with Crippen LogP contribution in [0.25, 0.3) is 0 Å². The Balaban J connectivity index is 4.82. The Morgan fingerprint density at radius 3 is 1.68 bits per heavy atom. The van der Waals surface area contributed by atoms with Crippen molar-refractivity contribution in [3.05, 3.63) is 0 Å². The molecule has 5 nitrogen and oxygen atoms in total. The molecule has 0 amide bonds. The number of hydrogen-bond acceptors (Lipinski definition) is 5. The Bertz CT molecular complexity index is 296. The van der Waals surface area contributed by atoms with Crippen LogP contribution >= 0.6 is 0 Å². The molecule has 1 N–H and O–H groups in total. The summed E-state index contributed by atoms with van der Waals surface area (Å²) in [4.78, 5) is 23.6. The first-order valence-corrected chi connectivity index (χ1v) is 6.74. The average molecular weight is 274 g/mol. The van der Waals surface area contributed by atoms with Gasteiger partial charge in [-0.3, -0.25) is 4.79 Å². The summed E-state index contributed by atoms with van der Waals surface area (Å²) in [5.74, 6) is -2.06. The summed E-state index contributed by atoms with van der Waals surface area (Å²) in [7, 11) is 0. The number of esters is 2. The van der Waals surface area contributed by atoms with Crippen LogP contribution in [0.4, 0.5) is 0 Å². The molecule has 2 atom stereocenters. The molecule has 19 heavy (non-hydrogen) atoms. The van der Waals surface area contributed by atoms with Crippen LogP contribution in [0.5, 0.6) is 0 Å². The third-order valence-electron chi connectivity index (χ3n) is 2.35. The molecule has 0 aliphatic heterocycles. The Labute approximate surface area is 115 Å². The Hall–Kier alpha value is -1.10. The van der Waals surface area contributed by atoms with Gasteiger partial charge in [-0.1, -0.05) is 13.8 Å². The monoisotopic (exact) mass is 274 g/mol. The molecular formula is C14H26O5. The minimum atomic E-state index is -1.48. The lowest BCUT2D eigenvalue weighted by Crippen LogP contribution is -2.39. The van der Waals surface area contributed by atoms with Crippen molar-refractivity contribution in [2.75, 3.05) is 0 Å². The molecule has 5 heteroatoms. The molecule has 0 saturated heterocycles. The largest absolute Gasteiger partial charge is 0.463 e. The molecule has 0 saturated carbocycles. The zero-order chi connectivity index (χ0) is 15.2. The molecule has 0 spiro atoms. The van der Waals surface area contributed by atoms with Gasteiger partial charge in [-0.25, -0.2) is 4.79 Å². The van der Waals surface area contributed by atoms with Crippen LogP contribution in [0.15, 0.2) is 0 Å². The van der Waals surface area contributed by atoms with Gasteiger partial charge in [-0.15, -0.1) is 0 Å². The Kier molecular flexibility index (Phi) is 7.68. The van der Waals surface area contributed by atoms with Crippen LogP contribution in [-0.2, 0) is 19.1 Å². The van der Waals surface area contributed by atoms with Gasteiger partial charge in [0.1, 0.15) is 0 Å². The van der Waals surface area contributed by atoms with E-state index in [0.717, 1.165) is 0 Å². The summed E-state index contributed by atoms with van der Waals surface area (Å²) in [5.41, 5.74) is 0. The number of aliphatic hydroxyl groups is 1. The summed E-state index contributed by atoms with van der Waals surface area (Å²) in [6.07, 6.45) is -1.71. The number of rotatable bonds is 7. The van der Waals surface area contributed by atoms with Crippen LogP contribution in [0.1, 0.15) is 48.0 Å². The summed E-state index contributed by atoms with van der Waals surface area (Å²) < 4.78 is 10.0. The molecule has 0 aliphatic rings. The first kappa shape index (κ1) is 17.9. The number of carbonyl (C=O) groups is 2. The summed E-state index contributed by atoms with van der Waals surface area (Å²) in [6, 6.07) is 0. The molecule has 0 aromatic carbocycles. The Morgan fingerprint density at radius 1 is 0.895 bits per heavy atom. The molecule has 0 rings (SSSR count). The lowest BCUT2D eigenvalue weighted by molar-refractivity contribution is -0.171. The molecule has 0 heterocycles. The minimum absolute atomic E-state index is 0.159. The van der Waals surface area contributed by atoms with E-state index in [4.69, 9.17) is 9.47 Å². The van der Waals surface area contributed by atoms with Crippen molar-refractivity contribution in [3.63, 3.8) is 0 Å². The van der Waals surface area contributed by atoms with Gasteiger partial charge < -0.3 is 14.6 Å². The molecule has 112 valence electrons. The molecule has 0 fully saturated rings. The fourth-order valence-corrected chi connectivity index (χ4v) is 1.65. The smallest absolute Gasteiger partial charge is 0.336 e. The highest BCUT2D eigenvalue weighted by molar-refractivity contribution is 5.83. The van der Waals surface area contributed by atoms with Gasteiger partial charge >= 0.3 is 11.9 Å². The minimum Gasteiger partial charge on any atom is -0.463 e. The Morgan fingerprint density at radius 2 is 1.32 bits per heavy atom.